The first-order chi connectivity index (χ1) is 20.2. The maximum absolute atomic E-state index is 9.40. The summed E-state index contributed by atoms with van der Waals surface area (Å²) < 4.78 is 8.80. The van der Waals surface area contributed by atoms with Gasteiger partial charge in [0, 0.05) is 39.6 Å². The van der Waals surface area contributed by atoms with Crippen molar-refractivity contribution in [3.05, 3.63) is 163 Å². The molecule has 0 amide bonds. The molecule has 0 saturated heterocycles. The summed E-state index contributed by atoms with van der Waals surface area (Å²) in [6, 6.07) is 31.4. The number of allylic oxidation sites excluding steroid dienone is 8. The minimum Gasteiger partial charge on any atom is -0.461 e. The van der Waals surface area contributed by atoms with Crippen LogP contribution in [0.5, 0.6) is 0 Å². The first kappa shape index (κ1) is 24.5. The van der Waals surface area contributed by atoms with E-state index >= 15 is 0 Å². The Morgan fingerprint density at radius 1 is 0.878 bits per heavy atom. The van der Waals surface area contributed by atoms with Gasteiger partial charge in [-0.3, -0.25) is 0 Å². The number of ether oxygens (including phenoxy) is 1. The van der Waals surface area contributed by atoms with Gasteiger partial charge < -0.3 is 9.30 Å². The molecule has 0 unspecified atom stereocenters. The Kier molecular flexibility index (Phi) is 5.88. The lowest BCUT2D eigenvalue weighted by Gasteiger charge is -2.16. The molecule has 2 heterocycles. The molecule has 0 fully saturated rings. The van der Waals surface area contributed by atoms with Gasteiger partial charge in [0.05, 0.1) is 22.8 Å². The van der Waals surface area contributed by atoms with Gasteiger partial charge >= 0.3 is 0 Å². The average molecular weight is 527 g/mol. The minimum absolute atomic E-state index is 0.596. The van der Waals surface area contributed by atoms with Crippen LogP contribution in [-0.4, -0.2) is 4.57 Å². The maximum atomic E-state index is 9.40. The van der Waals surface area contributed by atoms with Gasteiger partial charge in [0.1, 0.15) is 11.5 Å². The van der Waals surface area contributed by atoms with E-state index in [0.717, 1.165) is 55.9 Å². The monoisotopic (exact) mass is 526 g/mol. The minimum atomic E-state index is 0.596. The molecule has 5 aromatic rings. The van der Waals surface area contributed by atoms with Crippen molar-refractivity contribution in [2.45, 2.75) is 6.42 Å². The number of nitrogens with zero attached hydrogens (tertiary/aromatic N) is 2. The Hall–Kier alpha value is -5.59. The van der Waals surface area contributed by atoms with Crippen LogP contribution in [0.1, 0.15) is 23.2 Å². The van der Waals surface area contributed by atoms with E-state index in [2.05, 4.69) is 109 Å². The van der Waals surface area contributed by atoms with E-state index in [4.69, 9.17) is 4.74 Å². The zero-order valence-electron chi connectivity index (χ0n) is 22.5. The topological polar surface area (TPSA) is 38.0 Å². The molecular formula is C38H26N2O. The van der Waals surface area contributed by atoms with Crippen LogP contribution >= 0.6 is 0 Å². The smallest absolute Gasteiger partial charge is 0.129 e. The van der Waals surface area contributed by atoms with Gasteiger partial charge in [0.2, 0.25) is 0 Å². The van der Waals surface area contributed by atoms with E-state index in [0.29, 0.717) is 17.7 Å². The largest absolute Gasteiger partial charge is 0.461 e. The van der Waals surface area contributed by atoms with E-state index in [-0.39, 0.29) is 0 Å². The summed E-state index contributed by atoms with van der Waals surface area (Å²) in [6.45, 7) is 8.39. The van der Waals surface area contributed by atoms with Crippen molar-refractivity contribution in [3.8, 4) is 22.9 Å². The molecule has 41 heavy (non-hydrogen) atoms. The van der Waals surface area contributed by atoms with Gasteiger partial charge in [0.15, 0.2) is 0 Å². The molecular weight excluding hydrogens is 500 g/mol. The SMILES string of the molecule is C=C/C=C1\C(=C)OC2=C(C=CC=CC2)c2c1n(-c1ccc(-c3cccc(C#N)c3)cc1)c1c2ccc2ccccc21. The Morgan fingerprint density at radius 3 is 2.56 bits per heavy atom. The van der Waals surface area contributed by atoms with Crippen molar-refractivity contribution in [1.29, 1.82) is 5.26 Å². The van der Waals surface area contributed by atoms with Crippen LogP contribution in [-0.2, 0) is 4.74 Å². The Morgan fingerprint density at radius 2 is 1.73 bits per heavy atom. The third kappa shape index (κ3) is 3.97. The molecule has 3 heteroatoms. The third-order valence-corrected chi connectivity index (χ3v) is 7.77. The first-order valence-corrected chi connectivity index (χ1v) is 13.6. The Labute approximate surface area is 239 Å². The van der Waals surface area contributed by atoms with Crippen LogP contribution in [0.25, 0.3) is 49.6 Å². The van der Waals surface area contributed by atoms with Crippen LogP contribution in [0.15, 0.2) is 146 Å². The molecule has 2 aliphatic rings. The number of fused-ring (bicyclic) bond motifs is 6. The van der Waals surface area contributed by atoms with Gasteiger partial charge in [-0.1, -0.05) is 104 Å². The molecule has 4 aromatic carbocycles. The lowest BCUT2D eigenvalue weighted by Crippen LogP contribution is -2.03. The number of aromatic nitrogens is 1. The first-order valence-electron chi connectivity index (χ1n) is 13.6. The second-order valence-electron chi connectivity index (χ2n) is 10.2. The van der Waals surface area contributed by atoms with Crippen LogP contribution < -0.4 is 0 Å². The predicted octanol–water partition coefficient (Wildman–Crippen LogP) is 9.66. The van der Waals surface area contributed by atoms with E-state index < -0.39 is 0 Å². The lowest BCUT2D eigenvalue weighted by atomic mass is 9.96. The molecule has 0 bridgehead atoms. The van der Waals surface area contributed by atoms with Crippen molar-refractivity contribution < 1.29 is 4.74 Å². The van der Waals surface area contributed by atoms with Crippen molar-refractivity contribution in [2.24, 2.45) is 0 Å². The van der Waals surface area contributed by atoms with Gasteiger partial charge in [-0.2, -0.15) is 5.26 Å². The normalized spacial score (nSPS) is 15.3. The third-order valence-electron chi connectivity index (χ3n) is 7.77. The highest BCUT2D eigenvalue weighted by Gasteiger charge is 2.30. The number of hydrogen-bond acceptors (Lipinski definition) is 2. The quantitative estimate of drug-likeness (QED) is 0.235. The van der Waals surface area contributed by atoms with Crippen molar-refractivity contribution >= 4 is 32.8 Å². The van der Waals surface area contributed by atoms with Crippen LogP contribution in [0.2, 0.25) is 0 Å². The summed E-state index contributed by atoms with van der Waals surface area (Å²) in [5.74, 6) is 1.48. The zero-order chi connectivity index (χ0) is 27.9. The summed E-state index contributed by atoms with van der Waals surface area (Å²) in [4.78, 5) is 0. The van der Waals surface area contributed by atoms with Gasteiger partial charge in [-0.25, -0.2) is 0 Å². The summed E-state index contributed by atoms with van der Waals surface area (Å²) in [5.41, 5.74) is 8.97. The highest BCUT2D eigenvalue weighted by atomic mass is 16.5. The predicted molar refractivity (Wildman–Crippen MR) is 169 cm³/mol. The second kappa shape index (κ2) is 9.86. The summed E-state index contributed by atoms with van der Waals surface area (Å²) >= 11 is 0. The van der Waals surface area contributed by atoms with Crippen molar-refractivity contribution in [2.75, 3.05) is 0 Å². The summed E-state index contributed by atoms with van der Waals surface area (Å²) in [6.07, 6.45) is 12.9. The summed E-state index contributed by atoms with van der Waals surface area (Å²) in [5, 5.41) is 12.9. The number of benzene rings is 4. The van der Waals surface area contributed by atoms with Crippen molar-refractivity contribution in [1.82, 2.24) is 4.57 Å². The lowest BCUT2D eigenvalue weighted by molar-refractivity contribution is 0.323. The number of nitriles is 1. The fourth-order valence-electron chi connectivity index (χ4n) is 5.96. The Bertz CT molecular complexity index is 2070. The van der Waals surface area contributed by atoms with E-state index in [1.807, 2.05) is 30.3 Å². The number of rotatable bonds is 3. The van der Waals surface area contributed by atoms with E-state index in [1.165, 1.54) is 10.8 Å². The van der Waals surface area contributed by atoms with Crippen molar-refractivity contribution in [3.63, 3.8) is 0 Å². The Balaban J connectivity index is 1.58. The second-order valence-corrected chi connectivity index (χ2v) is 10.2. The molecule has 3 nitrogen and oxygen atoms in total. The van der Waals surface area contributed by atoms with Crippen LogP contribution in [0, 0.1) is 11.3 Å². The molecule has 194 valence electrons. The molecule has 0 radical (unpaired) electrons. The molecule has 1 aromatic heterocycles. The molecule has 0 spiro atoms. The van der Waals surface area contributed by atoms with E-state index in [9.17, 15) is 5.26 Å². The molecule has 0 atom stereocenters. The highest BCUT2D eigenvalue weighted by Crippen LogP contribution is 2.47. The fraction of sp³-hybridized carbons (Fsp3) is 0.0263. The molecule has 1 aliphatic heterocycles. The van der Waals surface area contributed by atoms with Crippen LogP contribution in [0.3, 0.4) is 0 Å². The average Bonchev–Trinajstić information content (AvgIpc) is 3.11. The number of hydrogen-bond donors (Lipinski definition) is 0. The molecule has 0 N–H and O–H groups in total. The maximum Gasteiger partial charge on any atom is 0.129 e. The van der Waals surface area contributed by atoms with E-state index in [1.54, 1.807) is 6.08 Å². The molecule has 1 aliphatic carbocycles. The van der Waals surface area contributed by atoms with Gasteiger partial charge in [-0.15, -0.1) is 0 Å². The standard InChI is InChI=1S/C38H26N2O/c1-3-10-31-25(2)41-35-16-6-4-5-15-33(35)36-34-22-19-28-12-7-8-14-32(28)37(34)40(38(31)36)30-20-17-27(18-21-30)29-13-9-11-26(23-29)24-39/h3-15,17-23H,1-2,16H2/b31-10+. The zero-order valence-corrected chi connectivity index (χ0v) is 22.5. The summed E-state index contributed by atoms with van der Waals surface area (Å²) in [7, 11) is 0. The van der Waals surface area contributed by atoms with Gasteiger partial charge in [-0.05, 0) is 46.9 Å². The molecule has 7 rings (SSSR count). The van der Waals surface area contributed by atoms with Gasteiger partial charge in [0.25, 0.3) is 0 Å². The highest BCUT2D eigenvalue weighted by molar-refractivity contribution is 6.14. The van der Waals surface area contributed by atoms with Crippen LogP contribution in [0.4, 0.5) is 0 Å². The fourth-order valence-corrected chi connectivity index (χ4v) is 5.96. The molecule has 0 saturated carbocycles.